The van der Waals surface area contributed by atoms with E-state index in [-0.39, 0.29) is 11.9 Å². The van der Waals surface area contributed by atoms with E-state index in [1.54, 1.807) is 39.8 Å². The van der Waals surface area contributed by atoms with Crippen molar-refractivity contribution >= 4 is 18.0 Å². The fourth-order valence-corrected chi connectivity index (χ4v) is 1.86. The largest absolute Gasteiger partial charge is 0.492 e. The summed E-state index contributed by atoms with van der Waals surface area (Å²) in [5.41, 5.74) is 0.178. The van der Waals surface area contributed by atoms with Gasteiger partial charge in [0.1, 0.15) is 0 Å². The van der Waals surface area contributed by atoms with Crippen LogP contribution >= 0.6 is 0 Å². The fourth-order valence-electron chi connectivity index (χ4n) is 1.86. The average molecular weight is 334 g/mol. The van der Waals surface area contributed by atoms with Gasteiger partial charge < -0.3 is 14.2 Å². The summed E-state index contributed by atoms with van der Waals surface area (Å²) in [6, 6.07) is 5.34. The highest BCUT2D eigenvalue weighted by Gasteiger charge is 2.25. The molecule has 5 heteroatoms. The first-order valence-corrected chi connectivity index (χ1v) is 8.01. The van der Waals surface area contributed by atoms with Crippen LogP contribution in [-0.4, -0.2) is 25.7 Å². The molecule has 0 aliphatic heterocycles. The zero-order valence-electron chi connectivity index (χ0n) is 15.0. The summed E-state index contributed by atoms with van der Waals surface area (Å²) in [4.78, 5) is 23.4. The van der Waals surface area contributed by atoms with Gasteiger partial charge in [-0.2, -0.15) is 0 Å². The van der Waals surface area contributed by atoms with E-state index in [4.69, 9.17) is 14.2 Å². The maximum atomic E-state index is 12.1. The molecule has 0 bridgehead atoms. The molecule has 1 aromatic rings. The summed E-state index contributed by atoms with van der Waals surface area (Å²) in [6.07, 6.45) is 4.59. The summed E-state index contributed by atoms with van der Waals surface area (Å²) in [6.45, 7) is 7.55. The number of hydrogen-bond acceptors (Lipinski definition) is 5. The van der Waals surface area contributed by atoms with Gasteiger partial charge in [-0.25, -0.2) is 0 Å². The van der Waals surface area contributed by atoms with Gasteiger partial charge in [0.05, 0.1) is 19.1 Å². The summed E-state index contributed by atoms with van der Waals surface area (Å²) in [5.74, 6) is 0.318. The Labute approximate surface area is 143 Å². The molecule has 0 atom stereocenters. The van der Waals surface area contributed by atoms with E-state index < -0.39 is 5.41 Å². The number of benzene rings is 1. The van der Waals surface area contributed by atoms with Crippen LogP contribution in [0.4, 0.5) is 0 Å². The van der Waals surface area contributed by atoms with Crippen molar-refractivity contribution in [2.24, 2.45) is 5.41 Å². The highest BCUT2D eigenvalue weighted by molar-refractivity contribution is 5.79. The Hall–Kier alpha value is -2.30. The van der Waals surface area contributed by atoms with E-state index in [0.29, 0.717) is 30.9 Å². The SMILES string of the molecule is CCOC(=O)CC/C=C\c1cccc(OC(=O)C(C)(C)C)c1OC. The third kappa shape index (κ3) is 6.07. The first-order valence-electron chi connectivity index (χ1n) is 8.01. The van der Waals surface area contributed by atoms with Crippen molar-refractivity contribution in [3.8, 4) is 11.5 Å². The Kier molecular flexibility index (Phi) is 7.49. The Bertz CT molecular complexity index is 596. The molecule has 0 N–H and O–H groups in total. The van der Waals surface area contributed by atoms with Crippen LogP contribution in [0.15, 0.2) is 24.3 Å². The molecule has 0 heterocycles. The predicted octanol–water partition coefficient (Wildman–Crippen LogP) is 4.00. The molecule has 0 unspecified atom stereocenters. The highest BCUT2D eigenvalue weighted by Crippen LogP contribution is 2.33. The second-order valence-electron chi connectivity index (χ2n) is 6.26. The number of carbonyl (C=O) groups excluding carboxylic acids is 2. The second kappa shape index (κ2) is 9.11. The lowest BCUT2D eigenvalue weighted by Crippen LogP contribution is -2.25. The van der Waals surface area contributed by atoms with Crippen molar-refractivity contribution < 1.29 is 23.8 Å². The van der Waals surface area contributed by atoms with E-state index in [1.165, 1.54) is 7.11 Å². The summed E-state index contributed by atoms with van der Waals surface area (Å²) in [5, 5.41) is 0. The molecular formula is C19H26O5. The number of ether oxygens (including phenoxy) is 3. The lowest BCUT2D eigenvalue weighted by Gasteiger charge is -2.18. The van der Waals surface area contributed by atoms with Crippen molar-refractivity contribution in [2.75, 3.05) is 13.7 Å². The van der Waals surface area contributed by atoms with Crippen molar-refractivity contribution in [3.05, 3.63) is 29.8 Å². The van der Waals surface area contributed by atoms with Crippen molar-refractivity contribution in [2.45, 2.75) is 40.5 Å². The third-order valence-electron chi connectivity index (χ3n) is 3.15. The Morgan fingerprint density at radius 2 is 1.92 bits per heavy atom. The lowest BCUT2D eigenvalue weighted by atomic mass is 9.97. The number of para-hydroxylation sites is 1. The van der Waals surface area contributed by atoms with Crippen LogP contribution in [0.2, 0.25) is 0 Å². The van der Waals surface area contributed by atoms with Gasteiger partial charge in [0.15, 0.2) is 11.5 Å². The molecule has 0 aliphatic rings. The Morgan fingerprint density at radius 1 is 1.21 bits per heavy atom. The summed E-state index contributed by atoms with van der Waals surface area (Å²) < 4.78 is 15.7. The van der Waals surface area contributed by atoms with Crippen LogP contribution in [0.25, 0.3) is 6.08 Å². The third-order valence-corrected chi connectivity index (χ3v) is 3.15. The zero-order valence-corrected chi connectivity index (χ0v) is 15.0. The molecule has 24 heavy (non-hydrogen) atoms. The number of allylic oxidation sites excluding steroid dienone is 1. The van der Waals surface area contributed by atoms with Gasteiger partial charge >= 0.3 is 11.9 Å². The molecule has 0 radical (unpaired) electrons. The minimum Gasteiger partial charge on any atom is -0.492 e. The molecule has 0 fully saturated rings. The first-order chi connectivity index (χ1) is 11.3. The second-order valence-corrected chi connectivity index (χ2v) is 6.26. The first kappa shape index (κ1) is 19.7. The minimum atomic E-state index is -0.601. The number of esters is 2. The van der Waals surface area contributed by atoms with Crippen molar-refractivity contribution in [1.82, 2.24) is 0 Å². The van der Waals surface area contributed by atoms with Gasteiger partial charge in [-0.05, 0) is 40.2 Å². The standard InChI is InChI=1S/C19H26O5/c1-6-23-16(20)13-8-7-10-14-11-9-12-15(17(14)22-5)24-18(21)19(2,3)4/h7,9-12H,6,8,13H2,1-5H3/b10-7-. The number of rotatable bonds is 7. The quantitative estimate of drug-likeness (QED) is 0.557. The molecule has 5 nitrogen and oxygen atoms in total. The molecule has 132 valence electrons. The zero-order chi connectivity index (χ0) is 18.2. The molecule has 0 spiro atoms. The molecule has 0 saturated carbocycles. The van der Waals surface area contributed by atoms with Crippen LogP contribution in [0.3, 0.4) is 0 Å². The average Bonchev–Trinajstić information content (AvgIpc) is 2.51. The van der Waals surface area contributed by atoms with Gasteiger partial charge in [0.25, 0.3) is 0 Å². The van der Waals surface area contributed by atoms with Crippen molar-refractivity contribution in [1.29, 1.82) is 0 Å². The van der Waals surface area contributed by atoms with E-state index in [9.17, 15) is 9.59 Å². The molecule has 1 aromatic carbocycles. The molecule has 0 aromatic heterocycles. The minimum absolute atomic E-state index is 0.220. The molecule has 0 saturated heterocycles. The Balaban J connectivity index is 2.84. The van der Waals surface area contributed by atoms with E-state index in [0.717, 1.165) is 5.56 Å². The fraction of sp³-hybridized carbons (Fsp3) is 0.474. The van der Waals surface area contributed by atoms with Crippen LogP contribution in [0.5, 0.6) is 11.5 Å². The van der Waals surface area contributed by atoms with Gasteiger partial charge in [0.2, 0.25) is 0 Å². The van der Waals surface area contributed by atoms with Gasteiger partial charge in [-0.3, -0.25) is 9.59 Å². The van der Waals surface area contributed by atoms with E-state index >= 15 is 0 Å². The Morgan fingerprint density at radius 3 is 2.50 bits per heavy atom. The molecular weight excluding hydrogens is 308 g/mol. The number of carbonyl (C=O) groups is 2. The van der Waals surface area contributed by atoms with Gasteiger partial charge in [-0.15, -0.1) is 0 Å². The number of hydrogen-bond donors (Lipinski definition) is 0. The highest BCUT2D eigenvalue weighted by atomic mass is 16.6. The van der Waals surface area contributed by atoms with Crippen LogP contribution in [0.1, 0.15) is 46.1 Å². The summed E-state index contributed by atoms with van der Waals surface area (Å²) in [7, 11) is 1.53. The predicted molar refractivity (Wildman–Crippen MR) is 93.0 cm³/mol. The monoisotopic (exact) mass is 334 g/mol. The topological polar surface area (TPSA) is 61.8 Å². The van der Waals surface area contributed by atoms with E-state index in [2.05, 4.69) is 0 Å². The van der Waals surface area contributed by atoms with Crippen LogP contribution in [0, 0.1) is 5.41 Å². The normalized spacial score (nSPS) is 11.4. The van der Waals surface area contributed by atoms with Crippen molar-refractivity contribution in [3.63, 3.8) is 0 Å². The smallest absolute Gasteiger partial charge is 0.316 e. The lowest BCUT2D eigenvalue weighted by molar-refractivity contribution is -0.143. The van der Waals surface area contributed by atoms with E-state index in [1.807, 2.05) is 18.2 Å². The van der Waals surface area contributed by atoms with Gasteiger partial charge in [0, 0.05) is 12.0 Å². The maximum absolute atomic E-state index is 12.1. The maximum Gasteiger partial charge on any atom is 0.316 e. The molecule has 1 rings (SSSR count). The van der Waals surface area contributed by atoms with Gasteiger partial charge in [-0.1, -0.05) is 24.3 Å². The summed E-state index contributed by atoms with van der Waals surface area (Å²) >= 11 is 0. The number of methoxy groups -OCH3 is 1. The van der Waals surface area contributed by atoms with Crippen LogP contribution < -0.4 is 9.47 Å². The van der Waals surface area contributed by atoms with Crippen LogP contribution in [-0.2, 0) is 14.3 Å². The molecule has 0 aliphatic carbocycles. The molecule has 0 amide bonds.